The van der Waals surface area contributed by atoms with Crippen molar-refractivity contribution in [3.8, 4) is 11.6 Å². The average Bonchev–Trinajstić information content (AvgIpc) is 2.91. The minimum atomic E-state index is 0.317. The van der Waals surface area contributed by atoms with Gasteiger partial charge in [-0.3, -0.25) is 0 Å². The van der Waals surface area contributed by atoms with E-state index in [2.05, 4.69) is 30.7 Å². The molecule has 0 bridgehead atoms. The highest BCUT2D eigenvalue weighted by atomic mass is 35.5. The van der Waals surface area contributed by atoms with E-state index in [1.165, 1.54) is 6.42 Å². The zero-order chi connectivity index (χ0) is 13.6. The number of aromatic nitrogens is 2. The average molecular weight is 277 g/mol. The summed E-state index contributed by atoms with van der Waals surface area (Å²) >= 11 is 6.06. The van der Waals surface area contributed by atoms with Gasteiger partial charge in [0.1, 0.15) is 10.9 Å². The summed E-state index contributed by atoms with van der Waals surface area (Å²) in [6, 6.07) is 5.78. The fraction of sp³-hybridized carbons (Fsp3) is 0.467. The van der Waals surface area contributed by atoms with Gasteiger partial charge in [0.15, 0.2) is 11.6 Å². The number of nitrogens with zero attached hydrogens (tertiary/aromatic N) is 2. The van der Waals surface area contributed by atoms with Crippen LogP contribution in [0.3, 0.4) is 0 Å². The maximum atomic E-state index is 6.06. The molecule has 100 valence electrons. The molecule has 0 aromatic carbocycles. The number of hydrogen-bond acceptors (Lipinski definition) is 3. The molecule has 2 aromatic rings. The number of furan rings is 1. The Kier molecular flexibility index (Phi) is 3.09. The molecule has 2 heterocycles. The van der Waals surface area contributed by atoms with Crippen LogP contribution in [0.5, 0.6) is 0 Å². The van der Waals surface area contributed by atoms with Crippen LogP contribution in [0.25, 0.3) is 11.6 Å². The third-order valence-corrected chi connectivity index (χ3v) is 3.82. The van der Waals surface area contributed by atoms with Crippen molar-refractivity contribution in [2.24, 2.45) is 5.92 Å². The topological polar surface area (TPSA) is 38.9 Å². The molecule has 0 N–H and O–H groups in total. The van der Waals surface area contributed by atoms with E-state index >= 15 is 0 Å². The summed E-state index contributed by atoms with van der Waals surface area (Å²) in [5.41, 5.74) is 0.938. The first-order chi connectivity index (χ1) is 9.04. The van der Waals surface area contributed by atoms with E-state index in [9.17, 15) is 0 Å². The second kappa shape index (κ2) is 4.64. The monoisotopic (exact) mass is 276 g/mol. The van der Waals surface area contributed by atoms with Gasteiger partial charge in [0, 0.05) is 11.6 Å². The van der Waals surface area contributed by atoms with Crippen molar-refractivity contribution in [1.82, 2.24) is 9.97 Å². The highest BCUT2D eigenvalue weighted by Gasteiger charge is 2.36. The van der Waals surface area contributed by atoms with Gasteiger partial charge in [-0.1, -0.05) is 32.4 Å². The largest absolute Gasteiger partial charge is 0.457 e. The van der Waals surface area contributed by atoms with E-state index in [-0.39, 0.29) is 0 Å². The molecule has 0 radical (unpaired) electrons. The first-order valence-electron chi connectivity index (χ1n) is 6.69. The normalized spacial score (nSPS) is 21.9. The van der Waals surface area contributed by atoms with Gasteiger partial charge in [-0.15, -0.1) is 0 Å². The Balaban J connectivity index is 1.95. The van der Waals surface area contributed by atoms with Gasteiger partial charge in [-0.05, 0) is 36.5 Å². The zero-order valence-electron chi connectivity index (χ0n) is 11.4. The van der Waals surface area contributed by atoms with Crippen LogP contribution in [0.15, 0.2) is 22.6 Å². The highest BCUT2D eigenvalue weighted by molar-refractivity contribution is 6.29. The Morgan fingerprint density at radius 1 is 1.32 bits per heavy atom. The van der Waals surface area contributed by atoms with Crippen molar-refractivity contribution in [1.29, 1.82) is 0 Å². The third kappa shape index (κ3) is 2.52. The lowest BCUT2D eigenvalue weighted by atomic mass is 10.1. The van der Waals surface area contributed by atoms with Crippen molar-refractivity contribution in [3.05, 3.63) is 34.8 Å². The fourth-order valence-electron chi connectivity index (χ4n) is 2.23. The predicted molar refractivity (Wildman–Crippen MR) is 75.4 cm³/mol. The van der Waals surface area contributed by atoms with Gasteiger partial charge >= 0.3 is 0 Å². The van der Waals surface area contributed by atoms with Gasteiger partial charge in [-0.2, -0.15) is 0 Å². The first-order valence-corrected chi connectivity index (χ1v) is 7.07. The summed E-state index contributed by atoms with van der Waals surface area (Å²) in [5, 5.41) is 0.464. The van der Waals surface area contributed by atoms with E-state index < -0.39 is 0 Å². The molecular weight excluding hydrogens is 260 g/mol. The van der Waals surface area contributed by atoms with E-state index in [0.717, 1.165) is 17.4 Å². The summed E-state index contributed by atoms with van der Waals surface area (Å²) in [4.78, 5) is 8.79. The van der Waals surface area contributed by atoms with Crippen LogP contribution in [-0.2, 0) is 0 Å². The maximum absolute atomic E-state index is 6.06. The SMILES string of the molecule is CC(C)c1cc(Cl)nc(-c2ccc(C3CC3C)o2)n1. The standard InChI is InChI=1S/C15H17ClN2O/c1-8(2)11-7-14(16)18-15(17-11)13-5-4-12(19-13)10-6-9(10)3/h4-5,7-10H,6H2,1-3H3. The van der Waals surface area contributed by atoms with Gasteiger partial charge in [0.25, 0.3) is 0 Å². The van der Waals surface area contributed by atoms with Crippen molar-refractivity contribution >= 4 is 11.6 Å². The van der Waals surface area contributed by atoms with Crippen LogP contribution in [0.4, 0.5) is 0 Å². The maximum Gasteiger partial charge on any atom is 0.197 e. The molecule has 0 spiro atoms. The van der Waals surface area contributed by atoms with E-state index in [4.69, 9.17) is 16.0 Å². The van der Waals surface area contributed by atoms with E-state index in [1.54, 1.807) is 0 Å². The fourth-order valence-corrected chi connectivity index (χ4v) is 2.42. The number of hydrogen-bond donors (Lipinski definition) is 0. The van der Waals surface area contributed by atoms with E-state index in [0.29, 0.717) is 28.6 Å². The molecule has 2 atom stereocenters. The molecule has 1 aliphatic rings. The van der Waals surface area contributed by atoms with Crippen LogP contribution in [0, 0.1) is 5.92 Å². The van der Waals surface area contributed by atoms with Gasteiger partial charge in [0.2, 0.25) is 0 Å². The lowest BCUT2D eigenvalue weighted by Crippen LogP contribution is -1.97. The Bertz CT molecular complexity index is 606. The molecule has 0 aliphatic heterocycles. The van der Waals surface area contributed by atoms with Crippen LogP contribution < -0.4 is 0 Å². The number of rotatable bonds is 3. The molecule has 1 aliphatic carbocycles. The molecule has 3 nitrogen and oxygen atoms in total. The lowest BCUT2D eigenvalue weighted by Gasteiger charge is -2.06. The Morgan fingerprint density at radius 2 is 2.05 bits per heavy atom. The summed E-state index contributed by atoms with van der Waals surface area (Å²) < 4.78 is 5.87. The molecule has 1 fully saturated rings. The van der Waals surface area contributed by atoms with Crippen molar-refractivity contribution in [2.75, 3.05) is 0 Å². The highest BCUT2D eigenvalue weighted by Crippen LogP contribution is 2.47. The quantitative estimate of drug-likeness (QED) is 0.767. The van der Waals surface area contributed by atoms with Gasteiger partial charge in [0.05, 0.1) is 0 Å². The Morgan fingerprint density at radius 3 is 2.68 bits per heavy atom. The van der Waals surface area contributed by atoms with E-state index in [1.807, 2.05) is 18.2 Å². The summed E-state index contributed by atoms with van der Waals surface area (Å²) in [7, 11) is 0. The Hall–Kier alpha value is -1.35. The summed E-state index contributed by atoms with van der Waals surface area (Å²) in [6.07, 6.45) is 1.21. The Labute approximate surface area is 118 Å². The van der Waals surface area contributed by atoms with Crippen LogP contribution in [0.2, 0.25) is 5.15 Å². The lowest BCUT2D eigenvalue weighted by molar-refractivity contribution is 0.514. The van der Waals surface area contributed by atoms with Crippen LogP contribution >= 0.6 is 11.6 Å². The predicted octanol–water partition coefficient (Wildman–Crippen LogP) is 4.64. The number of halogens is 1. The minimum absolute atomic E-state index is 0.317. The third-order valence-electron chi connectivity index (χ3n) is 3.63. The second-order valence-corrected chi connectivity index (χ2v) is 6.00. The zero-order valence-corrected chi connectivity index (χ0v) is 12.1. The summed E-state index contributed by atoms with van der Waals surface area (Å²) in [5.74, 6) is 3.94. The van der Waals surface area contributed by atoms with Crippen molar-refractivity contribution in [3.63, 3.8) is 0 Å². The van der Waals surface area contributed by atoms with Crippen molar-refractivity contribution in [2.45, 2.75) is 39.0 Å². The second-order valence-electron chi connectivity index (χ2n) is 5.62. The summed E-state index contributed by atoms with van der Waals surface area (Å²) in [6.45, 7) is 6.41. The van der Waals surface area contributed by atoms with Gasteiger partial charge in [-0.25, -0.2) is 9.97 Å². The molecule has 3 rings (SSSR count). The molecule has 19 heavy (non-hydrogen) atoms. The smallest absolute Gasteiger partial charge is 0.197 e. The molecule has 0 saturated heterocycles. The van der Waals surface area contributed by atoms with Crippen LogP contribution in [-0.4, -0.2) is 9.97 Å². The molecular formula is C15H17ClN2O. The van der Waals surface area contributed by atoms with Crippen LogP contribution in [0.1, 0.15) is 50.5 Å². The minimum Gasteiger partial charge on any atom is -0.457 e. The first kappa shape index (κ1) is 12.7. The molecule has 4 heteroatoms. The molecule has 1 saturated carbocycles. The van der Waals surface area contributed by atoms with Crippen molar-refractivity contribution < 1.29 is 4.42 Å². The molecule has 2 unspecified atom stereocenters. The van der Waals surface area contributed by atoms with Gasteiger partial charge < -0.3 is 4.42 Å². The molecule has 0 amide bonds. The molecule has 2 aromatic heterocycles.